The molecule has 1 aliphatic heterocycles. The van der Waals surface area contributed by atoms with Crippen molar-refractivity contribution in [2.24, 2.45) is 0 Å². The van der Waals surface area contributed by atoms with E-state index < -0.39 is 0 Å². The normalized spacial score (nSPS) is 18.5. The molecule has 0 radical (unpaired) electrons. The number of likely N-dealkylation sites (N-methyl/N-ethyl adjacent to an activating group) is 1. The Balaban J connectivity index is 1.85. The van der Waals surface area contributed by atoms with Gasteiger partial charge in [0, 0.05) is 26.2 Å². The Kier molecular flexibility index (Phi) is 7.13. The van der Waals surface area contributed by atoms with Gasteiger partial charge in [0.25, 0.3) is 0 Å². The summed E-state index contributed by atoms with van der Waals surface area (Å²) in [6, 6.07) is 6.34. The van der Waals surface area contributed by atoms with Gasteiger partial charge in [0.2, 0.25) is 0 Å². The van der Waals surface area contributed by atoms with Gasteiger partial charge in [0.15, 0.2) is 0 Å². The molecule has 1 unspecified atom stereocenters. The molecule has 0 bridgehead atoms. The van der Waals surface area contributed by atoms with Crippen LogP contribution in [0.25, 0.3) is 0 Å². The van der Waals surface area contributed by atoms with Gasteiger partial charge in [0.1, 0.15) is 0 Å². The number of nitrogens with one attached hydrogen (secondary N) is 1. The molecule has 4 nitrogen and oxygen atoms in total. The minimum absolute atomic E-state index is 0.416. The van der Waals surface area contributed by atoms with Gasteiger partial charge in [-0.2, -0.15) is 0 Å². The van der Waals surface area contributed by atoms with Crippen molar-refractivity contribution >= 4 is 0 Å². The van der Waals surface area contributed by atoms with E-state index in [0.29, 0.717) is 6.10 Å². The quantitative estimate of drug-likeness (QED) is 0.710. The molecule has 1 N–H and O–H groups in total. The van der Waals surface area contributed by atoms with Crippen molar-refractivity contribution in [3.63, 3.8) is 0 Å². The molecule has 2 rings (SSSR count). The number of ether oxygens (including phenoxy) is 1. The fourth-order valence-corrected chi connectivity index (χ4v) is 2.72. The fourth-order valence-electron chi connectivity index (χ4n) is 2.72. The van der Waals surface area contributed by atoms with Gasteiger partial charge in [-0.25, -0.2) is 0 Å². The molecule has 1 fully saturated rings. The van der Waals surface area contributed by atoms with Crippen LogP contribution in [0.3, 0.4) is 0 Å². The van der Waals surface area contributed by atoms with E-state index in [9.17, 15) is 0 Å². The molecule has 21 heavy (non-hydrogen) atoms. The number of pyridine rings is 1. The highest BCUT2D eigenvalue weighted by atomic mass is 16.5. The van der Waals surface area contributed by atoms with Crippen LogP contribution in [-0.4, -0.2) is 42.2 Å². The number of rotatable bonds is 9. The Bertz CT molecular complexity index is 405. The summed E-state index contributed by atoms with van der Waals surface area (Å²) < 4.78 is 5.74. The number of aromatic nitrogens is 1. The number of hydrogen-bond donors (Lipinski definition) is 1. The third kappa shape index (κ3) is 5.73. The monoisotopic (exact) mass is 291 g/mol. The van der Waals surface area contributed by atoms with Crippen molar-refractivity contribution in [1.82, 2.24) is 15.2 Å². The van der Waals surface area contributed by atoms with Gasteiger partial charge in [-0.3, -0.25) is 9.88 Å². The van der Waals surface area contributed by atoms with Crippen LogP contribution in [0.5, 0.6) is 0 Å². The first-order valence-corrected chi connectivity index (χ1v) is 8.31. The van der Waals surface area contributed by atoms with Crippen LogP contribution in [0, 0.1) is 0 Å². The predicted octanol–water partition coefficient (Wildman–Crippen LogP) is 2.58. The molecular formula is C17H29N3O. The van der Waals surface area contributed by atoms with Gasteiger partial charge in [-0.05, 0) is 44.5 Å². The van der Waals surface area contributed by atoms with Crippen molar-refractivity contribution in [3.05, 3.63) is 29.6 Å². The number of nitrogens with zero attached hydrogens (tertiary/aromatic N) is 2. The summed E-state index contributed by atoms with van der Waals surface area (Å²) in [4.78, 5) is 7.19. The largest absolute Gasteiger partial charge is 0.377 e. The summed E-state index contributed by atoms with van der Waals surface area (Å²) >= 11 is 0. The second kappa shape index (κ2) is 9.13. The Morgan fingerprint density at radius 2 is 2.19 bits per heavy atom. The molecule has 0 aliphatic carbocycles. The average Bonchev–Trinajstić information content (AvgIpc) is 3.00. The maximum atomic E-state index is 5.74. The van der Waals surface area contributed by atoms with E-state index in [4.69, 9.17) is 9.72 Å². The molecule has 1 aliphatic rings. The van der Waals surface area contributed by atoms with Crippen molar-refractivity contribution in [2.75, 3.05) is 26.2 Å². The third-order valence-electron chi connectivity index (χ3n) is 3.92. The van der Waals surface area contributed by atoms with E-state index in [1.54, 1.807) is 0 Å². The lowest BCUT2D eigenvalue weighted by Crippen LogP contribution is -2.32. The second-order valence-corrected chi connectivity index (χ2v) is 5.76. The minimum Gasteiger partial charge on any atom is -0.377 e. The maximum Gasteiger partial charge on any atom is 0.0702 e. The van der Waals surface area contributed by atoms with Gasteiger partial charge < -0.3 is 10.1 Å². The minimum atomic E-state index is 0.416. The van der Waals surface area contributed by atoms with Crippen LogP contribution in [0.1, 0.15) is 44.5 Å². The molecule has 2 heterocycles. The molecule has 1 saturated heterocycles. The van der Waals surface area contributed by atoms with Crippen LogP contribution in [0.2, 0.25) is 0 Å². The zero-order valence-corrected chi connectivity index (χ0v) is 13.5. The molecule has 0 saturated carbocycles. The molecule has 4 heteroatoms. The molecule has 118 valence electrons. The first-order valence-electron chi connectivity index (χ1n) is 8.31. The molecular weight excluding hydrogens is 262 g/mol. The van der Waals surface area contributed by atoms with E-state index in [2.05, 4.69) is 42.3 Å². The van der Waals surface area contributed by atoms with E-state index in [-0.39, 0.29) is 0 Å². The van der Waals surface area contributed by atoms with E-state index in [1.165, 1.54) is 12.8 Å². The molecule has 0 aromatic carbocycles. The molecule has 0 spiro atoms. The fraction of sp³-hybridized carbons (Fsp3) is 0.706. The summed E-state index contributed by atoms with van der Waals surface area (Å²) in [5.74, 6) is 0. The Morgan fingerprint density at radius 3 is 2.90 bits per heavy atom. The summed E-state index contributed by atoms with van der Waals surface area (Å²) in [5, 5.41) is 3.41. The van der Waals surface area contributed by atoms with E-state index >= 15 is 0 Å². The third-order valence-corrected chi connectivity index (χ3v) is 3.92. The van der Waals surface area contributed by atoms with Crippen molar-refractivity contribution in [3.8, 4) is 0 Å². The van der Waals surface area contributed by atoms with Gasteiger partial charge in [-0.1, -0.05) is 19.9 Å². The zero-order chi connectivity index (χ0) is 14.9. The summed E-state index contributed by atoms with van der Waals surface area (Å²) in [5.41, 5.74) is 2.29. The van der Waals surface area contributed by atoms with Crippen molar-refractivity contribution in [2.45, 2.75) is 52.3 Å². The summed E-state index contributed by atoms with van der Waals surface area (Å²) in [7, 11) is 0. The van der Waals surface area contributed by atoms with Crippen LogP contribution in [-0.2, 0) is 17.8 Å². The Morgan fingerprint density at radius 1 is 1.33 bits per heavy atom. The molecule has 1 aromatic heterocycles. The Hall–Kier alpha value is -0.970. The van der Waals surface area contributed by atoms with Gasteiger partial charge in [-0.15, -0.1) is 0 Å². The highest BCUT2D eigenvalue weighted by Crippen LogP contribution is 2.14. The zero-order valence-electron chi connectivity index (χ0n) is 13.5. The van der Waals surface area contributed by atoms with E-state index in [0.717, 1.165) is 57.1 Å². The first-order chi connectivity index (χ1) is 10.3. The lowest BCUT2D eigenvalue weighted by molar-refractivity contribution is 0.0721. The van der Waals surface area contributed by atoms with Crippen LogP contribution in [0.15, 0.2) is 18.2 Å². The molecule has 1 atom stereocenters. The van der Waals surface area contributed by atoms with E-state index in [1.807, 2.05) is 0 Å². The van der Waals surface area contributed by atoms with Gasteiger partial charge in [0.05, 0.1) is 17.5 Å². The predicted molar refractivity (Wildman–Crippen MR) is 86.2 cm³/mol. The highest BCUT2D eigenvalue weighted by Gasteiger charge is 2.18. The summed E-state index contributed by atoms with van der Waals surface area (Å²) in [6.07, 6.45) is 3.98. The average molecular weight is 291 g/mol. The first kappa shape index (κ1) is 16.4. The van der Waals surface area contributed by atoms with Crippen LogP contribution in [0.4, 0.5) is 0 Å². The smallest absolute Gasteiger partial charge is 0.0702 e. The lowest BCUT2D eigenvalue weighted by Gasteiger charge is -2.23. The highest BCUT2D eigenvalue weighted by molar-refractivity contribution is 5.11. The Labute approximate surface area is 128 Å². The van der Waals surface area contributed by atoms with Crippen LogP contribution < -0.4 is 5.32 Å². The van der Waals surface area contributed by atoms with Gasteiger partial charge >= 0.3 is 0 Å². The van der Waals surface area contributed by atoms with Crippen molar-refractivity contribution < 1.29 is 4.74 Å². The lowest BCUT2D eigenvalue weighted by atomic mass is 10.2. The number of hydrogen-bond acceptors (Lipinski definition) is 4. The van der Waals surface area contributed by atoms with Crippen LogP contribution >= 0.6 is 0 Å². The topological polar surface area (TPSA) is 37.4 Å². The standard InChI is InChI=1S/C17H29N3O/c1-3-10-18-12-15-7-5-8-16(19-15)13-20(4-2)14-17-9-6-11-21-17/h5,7-8,17-18H,3-4,6,9-14H2,1-2H3. The summed E-state index contributed by atoms with van der Waals surface area (Å²) in [6.45, 7) is 10.2. The second-order valence-electron chi connectivity index (χ2n) is 5.76. The van der Waals surface area contributed by atoms with Crippen molar-refractivity contribution in [1.29, 1.82) is 0 Å². The molecule has 1 aromatic rings. The SMILES string of the molecule is CCCNCc1cccc(CN(CC)CC2CCCO2)n1. The molecule has 0 amide bonds. The maximum absolute atomic E-state index is 5.74.